The second-order valence-corrected chi connectivity index (χ2v) is 6.13. The van der Waals surface area contributed by atoms with Gasteiger partial charge in [0.1, 0.15) is 0 Å². The van der Waals surface area contributed by atoms with E-state index < -0.39 is 11.9 Å². The van der Waals surface area contributed by atoms with Crippen LogP contribution in [0.3, 0.4) is 0 Å². The molecular formula is C15H26N2O3. The highest BCUT2D eigenvalue weighted by Gasteiger charge is 2.31. The molecule has 0 aromatic heterocycles. The van der Waals surface area contributed by atoms with Crippen molar-refractivity contribution in [2.24, 2.45) is 11.8 Å². The molecule has 2 amide bonds. The zero-order valence-electron chi connectivity index (χ0n) is 12.3. The minimum atomic E-state index is -0.786. The number of amides is 2. The normalized spacial score (nSPS) is 30.9. The first kappa shape index (κ1) is 15.1. The predicted molar refractivity (Wildman–Crippen MR) is 76.5 cm³/mol. The van der Waals surface area contributed by atoms with E-state index in [0.717, 1.165) is 19.3 Å². The van der Waals surface area contributed by atoms with Crippen molar-refractivity contribution in [3.05, 3.63) is 0 Å². The van der Waals surface area contributed by atoms with E-state index in [9.17, 15) is 9.59 Å². The molecule has 0 bridgehead atoms. The van der Waals surface area contributed by atoms with E-state index in [1.54, 1.807) is 4.90 Å². The van der Waals surface area contributed by atoms with Crippen LogP contribution < -0.4 is 5.32 Å². The van der Waals surface area contributed by atoms with E-state index in [-0.39, 0.29) is 12.1 Å². The van der Waals surface area contributed by atoms with Crippen LogP contribution in [0.5, 0.6) is 0 Å². The number of carboxylic acid groups (broad SMARTS) is 1. The number of carbonyl (C=O) groups is 2. The van der Waals surface area contributed by atoms with Crippen LogP contribution in [-0.4, -0.2) is 41.1 Å². The predicted octanol–water partition coefficient (Wildman–Crippen LogP) is 2.46. The summed E-state index contributed by atoms with van der Waals surface area (Å²) in [6, 6.07) is 0.202. The Bertz CT molecular complexity index is 359. The van der Waals surface area contributed by atoms with E-state index in [4.69, 9.17) is 5.11 Å². The van der Waals surface area contributed by atoms with Crippen LogP contribution in [0.4, 0.5) is 4.79 Å². The number of nitrogens with zero attached hydrogens (tertiary/aromatic N) is 1. The molecule has 5 nitrogen and oxygen atoms in total. The number of piperidine rings is 1. The van der Waals surface area contributed by atoms with Crippen molar-refractivity contribution >= 4 is 12.0 Å². The van der Waals surface area contributed by atoms with Crippen molar-refractivity contribution < 1.29 is 14.7 Å². The van der Waals surface area contributed by atoms with Crippen LogP contribution in [0.1, 0.15) is 51.9 Å². The van der Waals surface area contributed by atoms with E-state index >= 15 is 0 Å². The summed E-state index contributed by atoms with van der Waals surface area (Å²) in [5.74, 6) is -0.609. The monoisotopic (exact) mass is 282 g/mol. The van der Waals surface area contributed by atoms with Gasteiger partial charge in [0.15, 0.2) is 0 Å². The fourth-order valence-corrected chi connectivity index (χ4v) is 3.50. The molecule has 2 N–H and O–H groups in total. The maximum Gasteiger partial charge on any atom is 0.317 e. The Balaban J connectivity index is 1.88. The quantitative estimate of drug-likeness (QED) is 0.835. The molecule has 0 radical (unpaired) electrons. The van der Waals surface area contributed by atoms with E-state index in [1.807, 2.05) is 0 Å². The first-order valence-corrected chi connectivity index (χ1v) is 7.90. The number of hydrogen-bond acceptors (Lipinski definition) is 2. The molecule has 2 aliphatic rings. The molecule has 0 aromatic carbocycles. The molecule has 5 heteroatoms. The minimum Gasteiger partial charge on any atom is -0.481 e. The van der Waals surface area contributed by atoms with Crippen LogP contribution in [0.15, 0.2) is 0 Å². The van der Waals surface area contributed by atoms with Gasteiger partial charge in [0.25, 0.3) is 0 Å². The van der Waals surface area contributed by atoms with Crippen LogP contribution in [0.25, 0.3) is 0 Å². The Hall–Kier alpha value is -1.26. The van der Waals surface area contributed by atoms with Gasteiger partial charge >= 0.3 is 12.0 Å². The van der Waals surface area contributed by atoms with Crippen LogP contribution in [-0.2, 0) is 4.79 Å². The molecule has 0 spiro atoms. The largest absolute Gasteiger partial charge is 0.481 e. The number of hydrogen-bond donors (Lipinski definition) is 2. The molecule has 1 saturated carbocycles. The average molecular weight is 282 g/mol. The molecule has 20 heavy (non-hydrogen) atoms. The number of aliphatic carboxylic acids is 1. The second-order valence-electron chi connectivity index (χ2n) is 6.13. The van der Waals surface area contributed by atoms with Crippen molar-refractivity contribution in [3.8, 4) is 0 Å². The van der Waals surface area contributed by atoms with Gasteiger partial charge in [-0.25, -0.2) is 4.79 Å². The molecule has 114 valence electrons. The van der Waals surface area contributed by atoms with E-state index in [1.165, 1.54) is 19.3 Å². The lowest BCUT2D eigenvalue weighted by Crippen LogP contribution is -2.51. The van der Waals surface area contributed by atoms with Gasteiger partial charge in [0.2, 0.25) is 0 Å². The number of likely N-dealkylation sites (tertiary alicyclic amines) is 1. The summed E-state index contributed by atoms with van der Waals surface area (Å²) >= 11 is 0. The summed E-state index contributed by atoms with van der Waals surface area (Å²) in [6.07, 6.45) is 7.25. The third-order valence-electron chi connectivity index (χ3n) is 4.80. The molecule has 1 saturated heterocycles. The van der Waals surface area contributed by atoms with Crippen molar-refractivity contribution in [2.45, 2.75) is 57.9 Å². The van der Waals surface area contributed by atoms with Gasteiger partial charge in [0, 0.05) is 19.1 Å². The summed E-state index contributed by atoms with van der Waals surface area (Å²) < 4.78 is 0. The van der Waals surface area contributed by atoms with Gasteiger partial charge in [-0.2, -0.15) is 0 Å². The number of carbonyl (C=O) groups excluding carboxylic acids is 1. The highest BCUT2D eigenvalue weighted by Crippen LogP contribution is 2.27. The molecule has 2 rings (SSSR count). The second kappa shape index (κ2) is 6.95. The summed E-state index contributed by atoms with van der Waals surface area (Å²) in [7, 11) is 0. The maximum absolute atomic E-state index is 12.3. The minimum absolute atomic E-state index is 0.0682. The van der Waals surface area contributed by atoms with Crippen LogP contribution in [0.2, 0.25) is 0 Å². The fraction of sp³-hybridized carbons (Fsp3) is 0.867. The number of urea groups is 1. The SMILES string of the molecule is CCC1CCCCC1NC(=O)N1CCCC(C(=O)O)C1. The standard InChI is InChI=1S/C15H26N2O3/c1-2-11-6-3-4-8-13(11)16-15(20)17-9-5-7-12(10-17)14(18)19/h11-13H,2-10H2,1H3,(H,16,20)(H,18,19). The Kier molecular flexibility index (Phi) is 5.26. The first-order chi connectivity index (χ1) is 9.61. The number of nitrogens with one attached hydrogen (secondary N) is 1. The van der Waals surface area contributed by atoms with Gasteiger partial charge in [-0.15, -0.1) is 0 Å². The maximum atomic E-state index is 12.3. The zero-order valence-corrected chi connectivity index (χ0v) is 12.3. The van der Waals surface area contributed by atoms with Gasteiger partial charge in [-0.1, -0.05) is 26.2 Å². The molecule has 3 atom stereocenters. The van der Waals surface area contributed by atoms with E-state index in [0.29, 0.717) is 25.4 Å². The molecule has 1 aliphatic carbocycles. The number of rotatable bonds is 3. The summed E-state index contributed by atoms with van der Waals surface area (Å²) in [4.78, 5) is 25.1. The lowest BCUT2D eigenvalue weighted by atomic mass is 9.83. The highest BCUT2D eigenvalue weighted by molar-refractivity contribution is 5.76. The molecule has 3 unspecified atom stereocenters. The molecule has 0 aromatic rings. The van der Waals surface area contributed by atoms with Crippen molar-refractivity contribution in [2.75, 3.05) is 13.1 Å². The lowest BCUT2D eigenvalue weighted by Gasteiger charge is -2.36. The topological polar surface area (TPSA) is 69.6 Å². The van der Waals surface area contributed by atoms with Crippen LogP contribution in [0, 0.1) is 11.8 Å². The van der Waals surface area contributed by atoms with Gasteiger partial charge in [-0.05, 0) is 31.6 Å². The summed E-state index contributed by atoms with van der Waals surface area (Å²) in [5, 5.41) is 12.2. The van der Waals surface area contributed by atoms with Crippen molar-refractivity contribution in [1.29, 1.82) is 0 Å². The van der Waals surface area contributed by atoms with Gasteiger partial charge in [0.05, 0.1) is 5.92 Å². The molecular weight excluding hydrogens is 256 g/mol. The Labute approximate surface area is 120 Å². The van der Waals surface area contributed by atoms with Crippen LogP contribution >= 0.6 is 0 Å². The fourth-order valence-electron chi connectivity index (χ4n) is 3.50. The van der Waals surface area contributed by atoms with Crippen molar-refractivity contribution in [3.63, 3.8) is 0 Å². The molecule has 1 aliphatic heterocycles. The number of carboxylic acids is 1. The summed E-state index contributed by atoms with van der Waals surface area (Å²) in [6.45, 7) is 3.21. The smallest absolute Gasteiger partial charge is 0.317 e. The van der Waals surface area contributed by atoms with E-state index in [2.05, 4.69) is 12.2 Å². The van der Waals surface area contributed by atoms with Gasteiger partial charge < -0.3 is 15.3 Å². The first-order valence-electron chi connectivity index (χ1n) is 7.90. The zero-order chi connectivity index (χ0) is 14.5. The Morgan fingerprint density at radius 3 is 2.65 bits per heavy atom. The Morgan fingerprint density at radius 2 is 1.95 bits per heavy atom. The molecule has 2 fully saturated rings. The third kappa shape index (κ3) is 3.64. The summed E-state index contributed by atoms with van der Waals surface area (Å²) in [5.41, 5.74) is 0. The highest BCUT2D eigenvalue weighted by atomic mass is 16.4. The van der Waals surface area contributed by atoms with Gasteiger partial charge in [-0.3, -0.25) is 4.79 Å². The third-order valence-corrected chi connectivity index (χ3v) is 4.80. The molecule has 1 heterocycles. The Morgan fingerprint density at radius 1 is 1.20 bits per heavy atom. The van der Waals surface area contributed by atoms with Crippen molar-refractivity contribution in [1.82, 2.24) is 10.2 Å². The lowest BCUT2D eigenvalue weighted by molar-refractivity contribution is -0.143. The average Bonchev–Trinajstić information content (AvgIpc) is 2.48.